The van der Waals surface area contributed by atoms with Crippen LogP contribution in [0.25, 0.3) is 10.2 Å². The van der Waals surface area contributed by atoms with Crippen LogP contribution in [-0.4, -0.2) is 26.1 Å². The maximum Gasteiger partial charge on any atom is 0.338 e. The zero-order valence-electron chi connectivity index (χ0n) is 15.0. The zero-order valence-corrected chi connectivity index (χ0v) is 16.6. The van der Waals surface area contributed by atoms with E-state index in [0.717, 1.165) is 16.9 Å². The molecule has 0 bridgehead atoms. The van der Waals surface area contributed by atoms with Gasteiger partial charge in [-0.1, -0.05) is 17.4 Å². The predicted molar refractivity (Wildman–Crippen MR) is 105 cm³/mol. The van der Waals surface area contributed by atoms with Crippen molar-refractivity contribution in [2.75, 3.05) is 11.8 Å². The van der Waals surface area contributed by atoms with Crippen molar-refractivity contribution in [1.82, 2.24) is 4.57 Å². The van der Waals surface area contributed by atoms with Gasteiger partial charge in [-0.3, -0.25) is 14.1 Å². The van der Waals surface area contributed by atoms with E-state index in [0.29, 0.717) is 22.5 Å². The molecule has 0 aliphatic carbocycles. The first-order chi connectivity index (χ1) is 12.8. The van der Waals surface area contributed by atoms with E-state index in [9.17, 15) is 18.0 Å². The van der Waals surface area contributed by atoms with Gasteiger partial charge in [-0.15, -0.1) is 0 Å². The first-order valence-corrected chi connectivity index (χ1v) is 10.4. The van der Waals surface area contributed by atoms with Gasteiger partial charge in [0.25, 0.3) is 10.0 Å². The van der Waals surface area contributed by atoms with Crippen LogP contribution in [-0.2, 0) is 21.3 Å². The number of rotatable bonds is 5. The Hall–Kier alpha value is -2.65. The van der Waals surface area contributed by atoms with Crippen molar-refractivity contribution < 1.29 is 17.9 Å². The first kappa shape index (κ1) is 19.1. The topological polar surface area (TPSA) is 94.5 Å². The number of aromatic nitrogens is 1. The fourth-order valence-corrected chi connectivity index (χ4v) is 4.81. The molecule has 0 aliphatic rings. The zero-order chi connectivity index (χ0) is 19.8. The molecule has 1 heterocycles. The Kier molecular flexibility index (Phi) is 5.07. The molecular weight excluding hydrogens is 388 g/mol. The third kappa shape index (κ3) is 3.60. The minimum absolute atomic E-state index is 0.0482. The number of thiazole rings is 1. The Bertz CT molecular complexity index is 1190. The summed E-state index contributed by atoms with van der Waals surface area (Å²) in [6, 6.07) is 9.21. The number of anilines is 1. The highest BCUT2D eigenvalue weighted by atomic mass is 32.2. The monoisotopic (exact) mass is 406 g/mol. The number of hydrogen-bond acceptors (Lipinski definition) is 6. The summed E-state index contributed by atoms with van der Waals surface area (Å²) in [6.07, 6.45) is 0. The molecule has 0 amide bonds. The normalized spacial score (nSPS) is 11.5. The van der Waals surface area contributed by atoms with Crippen LogP contribution in [0.15, 0.2) is 46.1 Å². The minimum Gasteiger partial charge on any atom is -0.465 e. The molecular formula is C18H18N2O5S2. The Morgan fingerprint density at radius 2 is 1.96 bits per heavy atom. The number of ether oxygens (including phenoxy) is 1. The van der Waals surface area contributed by atoms with Crippen LogP contribution < -0.4 is 9.60 Å². The van der Waals surface area contributed by atoms with Gasteiger partial charge < -0.3 is 4.74 Å². The lowest BCUT2D eigenvalue weighted by molar-refractivity contribution is 0.0599. The van der Waals surface area contributed by atoms with E-state index in [2.05, 4.69) is 4.72 Å². The van der Waals surface area contributed by atoms with Crippen molar-refractivity contribution in [3.63, 3.8) is 0 Å². The maximum absolute atomic E-state index is 12.7. The number of hydrogen-bond donors (Lipinski definition) is 1. The molecule has 0 unspecified atom stereocenters. The average Bonchev–Trinajstić information content (AvgIpc) is 2.95. The summed E-state index contributed by atoms with van der Waals surface area (Å²) >= 11 is 1.06. The van der Waals surface area contributed by atoms with Gasteiger partial charge in [0.15, 0.2) is 0 Å². The molecule has 0 fully saturated rings. The fraction of sp³-hybridized carbons (Fsp3) is 0.222. The molecule has 0 radical (unpaired) electrons. The van der Waals surface area contributed by atoms with Gasteiger partial charge >= 0.3 is 10.8 Å². The SMILES string of the molecule is CCn1c(=O)sc2cc(NS(=O)(=O)c3ccc(C)c(C(=O)OC)c3)ccc21. The lowest BCUT2D eigenvalue weighted by atomic mass is 10.1. The van der Waals surface area contributed by atoms with E-state index in [4.69, 9.17) is 4.74 Å². The highest BCUT2D eigenvalue weighted by Crippen LogP contribution is 2.25. The first-order valence-electron chi connectivity index (χ1n) is 8.12. The van der Waals surface area contributed by atoms with E-state index in [-0.39, 0.29) is 15.3 Å². The molecule has 0 spiro atoms. The van der Waals surface area contributed by atoms with Gasteiger partial charge in [-0.05, 0) is 49.7 Å². The fourth-order valence-electron chi connectivity index (χ4n) is 2.74. The largest absolute Gasteiger partial charge is 0.465 e. The smallest absolute Gasteiger partial charge is 0.338 e. The summed E-state index contributed by atoms with van der Waals surface area (Å²) in [6.45, 7) is 4.12. The van der Waals surface area contributed by atoms with Crippen molar-refractivity contribution in [3.8, 4) is 0 Å². The number of aryl methyl sites for hydroxylation is 2. The van der Waals surface area contributed by atoms with Crippen molar-refractivity contribution >= 4 is 43.2 Å². The predicted octanol–water partition coefficient (Wildman–Crippen LogP) is 2.98. The van der Waals surface area contributed by atoms with Crippen molar-refractivity contribution in [2.45, 2.75) is 25.3 Å². The number of nitrogens with zero attached hydrogens (tertiary/aromatic N) is 1. The Labute approximate surface area is 160 Å². The Morgan fingerprint density at radius 3 is 2.63 bits per heavy atom. The number of fused-ring (bicyclic) bond motifs is 1. The highest BCUT2D eigenvalue weighted by Gasteiger charge is 2.19. The van der Waals surface area contributed by atoms with Crippen molar-refractivity contribution in [1.29, 1.82) is 0 Å². The third-order valence-electron chi connectivity index (χ3n) is 4.16. The standard InChI is InChI=1S/C18H18N2O5S2/c1-4-20-15-8-6-12(9-16(15)26-18(20)22)19-27(23,24)13-7-5-11(2)14(10-13)17(21)25-3/h5-10,19H,4H2,1-3H3. The number of esters is 1. The van der Waals surface area contributed by atoms with Gasteiger partial charge in [0.2, 0.25) is 0 Å². The molecule has 7 nitrogen and oxygen atoms in total. The van der Waals surface area contributed by atoms with Crippen molar-refractivity contribution in [2.24, 2.45) is 0 Å². The van der Waals surface area contributed by atoms with Crippen LogP contribution in [0.2, 0.25) is 0 Å². The van der Waals surface area contributed by atoms with Gasteiger partial charge in [0.05, 0.1) is 33.5 Å². The van der Waals surface area contributed by atoms with Gasteiger partial charge in [-0.25, -0.2) is 13.2 Å². The molecule has 1 N–H and O–H groups in total. The van der Waals surface area contributed by atoms with Crippen LogP contribution in [0.5, 0.6) is 0 Å². The number of sulfonamides is 1. The van der Waals surface area contributed by atoms with Crippen LogP contribution in [0.1, 0.15) is 22.8 Å². The summed E-state index contributed by atoms with van der Waals surface area (Å²) in [5.41, 5.74) is 1.91. The van der Waals surface area contributed by atoms with Crippen LogP contribution in [0.3, 0.4) is 0 Å². The van der Waals surface area contributed by atoms with Crippen LogP contribution in [0.4, 0.5) is 5.69 Å². The second-order valence-corrected chi connectivity index (χ2v) is 8.54. The number of nitrogens with one attached hydrogen (secondary N) is 1. The van der Waals surface area contributed by atoms with E-state index < -0.39 is 16.0 Å². The second-order valence-electron chi connectivity index (χ2n) is 5.87. The molecule has 0 atom stereocenters. The molecule has 2 aromatic carbocycles. The molecule has 0 saturated heterocycles. The molecule has 0 aliphatic heterocycles. The third-order valence-corrected chi connectivity index (χ3v) is 6.48. The second kappa shape index (κ2) is 7.16. The van der Waals surface area contributed by atoms with E-state index in [1.165, 1.54) is 19.2 Å². The Morgan fingerprint density at radius 1 is 1.22 bits per heavy atom. The lowest BCUT2D eigenvalue weighted by Crippen LogP contribution is -2.14. The number of carbonyl (C=O) groups excluding carboxylic acids is 1. The molecule has 3 aromatic rings. The molecule has 9 heteroatoms. The number of benzene rings is 2. The molecule has 0 saturated carbocycles. The van der Waals surface area contributed by atoms with Crippen molar-refractivity contribution in [3.05, 3.63) is 57.2 Å². The van der Waals surface area contributed by atoms with Crippen LogP contribution >= 0.6 is 11.3 Å². The molecule has 142 valence electrons. The van der Waals surface area contributed by atoms with E-state index in [1.807, 2.05) is 6.92 Å². The van der Waals surface area contributed by atoms with E-state index in [1.54, 1.807) is 35.8 Å². The molecule has 3 rings (SSSR count). The number of methoxy groups -OCH3 is 1. The Balaban J connectivity index is 1.98. The maximum atomic E-state index is 12.7. The average molecular weight is 406 g/mol. The van der Waals surface area contributed by atoms with Crippen LogP contribution in [0, 0.1) is 6.92 Å². The van der Waals surface area contributed by atoms with E-state index >= 15 is 0 Å². The molecule has 1 aromatic heterocycles. The molecule has 27 heavy (non-hydrogen) atoms. The quantitative estimate of drug-likeness (QED) is 0.658. The van der Waals surface area contributed by atoms with Gasteiger partial charge in [0.1, 0.15) is 0 Å². The summed E-state index contributed by atoms with van der Waals surface area (Å²) < 4.78 is 34.9. The summed E-state index contributed by atoms with van der Waals surface area (Å²) in [5.74, 6) is -0.600. The van der Waals surface area contributed by atoms with Gasteiger partial charge in [0, 0.05) is 6.54 Å². The summed E-state index contributed by atoms with van der Waals surface area (Å²) in [7, 11) is -2.67. The minimum atomic E-state index is -3.91. The van der Waals surface area contributed by atoms with Gasteiger partial charge in [-0.2, -0.15) is 0 Å². The summed E-state index contributed by atoms with van der Waals surface area (Å²) in [5, 5.41) is 0. The summed E-state index contributed by atoms with van der Waals surface area (Å²) in [4.78, 5) is 23.6. The highest BCUT2D eigenvalue weighted by molar-refractivity contribution is 7.92. The number of carbonyl (C=O) groups is 1. The lowest BCUT2D eigenvalue weighted by Gasteiger charge is -2.11.